The molecule has 0 bridgehead atoms. The Morgan fingerprint density at radius 1 is 1.03 bits per heavy atom. The fourth-order valence-electron chi connectivity index (χ4n) is 4.97. The molecule has 3 aromatic rings. The number of ether oxygens (including phenoxy) is 1. The minimum absolute atomic E-state index is 0.0336. The monoisotopic (exact) mass is 538 g/mol. The summed E-state index contributed by atoms with van der Waals surface area (Å²) in [6.45, 7) is 13.4. The second-order valence-electron chi connectivity index (χ2n) is 11.2. The summed E-state index contributed by atoms with van der Waals surface area (Å²) < 4.78 is 7.77. The number of nitrogens with two attached hydrogens (primary N) is 1. The molecule has 0 radical (unpaired) electrons. The van der Waals surface area contributed by atoms with Gasteiger partial charge in [-0.25, -0.2) is 24.9 Å². The third-order valence-corrected chi connectivity index (χ3v) is 6.84. The van der Waals surface area contributed by atoms with Gasteiger partial charge in [-0.05, 0) is 19.8 Å². The van der Waals surface area contributed by atoms with Gasteiger partial charge in [-0.2, -0.15) is 0 Å². The fourth-order valence-corrected chi connectivity index (χ4v) is 4.97. The third kappa shape index (κ3) is 6.04. The lowest BCUT2D eigenvalue weighted by molar-refractivity contribution is -0.135. The zero-order valence-electron chi connectivity index (χ0n) is 23.2. The molecular formula is C26H38N10O3. The molecule has 0 spiro atoms. The van der Waals surface area contributed by atoms with Gasteiger partial charge in [-0.3, -0.25) is 9.36 Å². The molecule has 39 heavy (non-hydrogen) atoms. The highest BCUT2D eigenvalue weighted by molar-refractivity contribution is 5.88. The quantitative estimate of drug-likeness (QED) is 0.446. The van der Waals surface area contributed by atoms with Crippen LogP contribution in [0.15, 0.2) is 12.4 Å². The minimum Gasteiger partial charge on any atom is -0.390 e. The molecule has 2 aliphatic rings. The van der Waals surface area contributed by atoms with Crippen molar-refractivity contribution >= 4 is 34.8 Å². The number of piperazine rings is 1. The van der Waals surface area contributed by atoms with E-state index in [1.807, 2.05) is 4.90 Å². The molecule has 0 aromatic carbocycles. The second-order valence-corrected chi connectivity index (χ2v) is 11.2. The van der Waals surface area contributed by atoms with Crippen LogP contribution in [0.5, 0.6) is 0 Å². The van der Waals surface area contributed by atoms with Crippen LogP contribution in [0.1, 0.15) is 34.1 Å². The van der Waals surface area contributed by atoms with Crippen LogP contribution in [0.3, 0.4) is 0 Å². The van der Waals surface area contributed by atoms with Gasteiger partial charge in [0.05, 0.1) is 30.8 Å². The van der Waals surface area contributed by atoms with Crippen molar-refractivity contribution in [3.63, 3.8) is 0 Å². The number of anilines is 3. The average molecular weight is 539 g/mol. The number of aromatic nitrogens is 6. The molecule has 5 rings (SSSR count). The van der Waals surface area contributed by atoms with Gasteiger partial charge in [0.1, 0.15) is 0 Å². The smallest absolute Gasteiger partial charge is 0.225 e. The highest BCUT2D eigenvalue weighted by Gasteiger charge is 2.30. The molecule has 210 valence electrons. The molecule has 2 saturated heterocycles. The maximum absolute atomic E-state index is 12.7. The van der Waals surface area contributed by atoms with Crippen LogP contribution in [-0.4, -0.2) is 103 Å². The van der Waals surface area contributed by atoms with Crippen molar-refractivity contribution in [1.29, 1.82) is 0 Å². The minimum atomic E-state index is -1.03. The summed E-state index contributed by atoms with van der Waals surface area (Å²) in [5.41, 5.74) is 6.87. The van der Waals surface area contributed by atoms with Gasteiger partial charge in [0.25, 0.3) is 0 Å². The van der Waals surface area contributed by atoms with Crippen molar-refractivity contribution in [1.82, 2.24) is 34.4 Å². The van der Waals surface area contributed by atoms with Crippen LogP contribution in [0.2, 0.25) is 0 Å². The summed E-state index contributed by atoms with van der Waals surface area (Å²) in [5, 5.41) is 10.1. The van der Waals surface area contributed by atoms with Crippen molar-refractivity contribution in [2.45, 2.75) is 46.3 Å². The number of nitrogen functional groups attached to an aromatic ring is 1. The van der Waals surface area contributed by atoms with E-state index in [0.717, 1.165) is 29.5 Å². The van der Waals surface area contributed by atoms with Gasteiger partial charge in [-0.15, -0.1) is 0 Å². The first-order valence-electron chi connectivity index (χ1n) is 13.5. The Bertz CT molecular complexity index is 1300. The predicted molar refractivity (Wildman–Crippen MR) is 148 cm³/mol. The highest BCUT2D eigenvalue weighted by Crippen LogP contribution is 2.32. The van der Waals surface area contributed by atoms with E-state index in [9.17, 15) is 9.90 Å². The number of carbonyl (C=O) groups excluding carboxylic acids is 1. The molecular weight excluding hydrogens is 500 g/mol. The number of hydrogen-bond donors (Lipinski definition) is 2. The lowest BCUT2D eigenvalue weighted by atomic mass is 10.0. The first-order chi connectivity index (χ1) is 18.6. The number of amides is 1. The molecule has 0 aliphatic carbocycles. The zero-order valence-corrected chi connectivity index (χ0v) is 23.2. The number of aliphatic hydroxyl groups is 1. The maximum Gasteiger partial charge on any atom is 0.225 e. The topological polar surface area (TPSA) is 152 Å². The van der Waals surface area contributed by atoms with Gasteiger partial charge >= 0.3 is 0 Å². The van der Waals surface area contributed by atoms with Crippen molar-refractivity contribution in [2.24, 2.45) is 5.92 Å². The molecule has 2 fully saturated rings. The van der Waals surface area contributed by atoms with Crippen LogP contribution in [0, 0.1) is 5.92 Å². The average Bonchev–Trinajstić information content (AvgIpc) is 3.26. The molecule has 0 atom stereocenters. The first kappa shape index (κ1) is 27.0. The van der Waals surface area contributed by atoms with E-state index in [0.29, 0.717) is 69.8 Å². The third-order valence-electron chi connectivity index (χ3n) is 6.84. The largest absolute Gasteiger partial charge is 0.390 e. The van der Waals surface area contributed by atoms with E-state index in [-0.39, 0.29) is 18.3 Å². The summed E-state index contributed by atoms with van der Waals surface area (Å²) in [6.07, 6.45) is 3.39. The summed E-state index contributed by atoms with van der Waals surface area (Å²) in [5.74, 6) is 2.61. The van der Waals surface area contributed by atoms with Crippen LogP contribution in [-0.2, 0) is 16.1 Å². The SMILES string of the molecule is CC(C)Cn1c(N2CCN(C(=O)CC(C)(C)O)CC2)nc2c(N3CCOCC3)nc(-c3cnc(N)nc3)nc21. The molecule has 13 heteroatoms. The van der Waals surface area contributed by atoms with Gasteiger partial charge in [0.2, 0.25) is 17.8 Å². The Morgan fingerprint density at radius 3 is 2.31 bits per heavy atom. The molecule has 5 heterocycles. The predicted octanol–water partition coefficient (Wildman–Crippen LogP) is 1.17. The van der Waals surface area contributed by atoms with Gasteiger partial charge in [0, 0.05) is 58.2 Å². The lowest BCUT2D eigenvalue weighted by Gasteiger charge is -2.36. The molecule has 3 N–H and O–H groups in total. The summed E-state index contributed by atoms with van der Waals surface area (Å²) in [4.78, 5) is 42.3. The summed E-state index contributed by atoms with van der Waals surface area (Å²) >= 11 is 0. The van der Waals surface area contributed by atoms with E-state index < -0.39 is 5.60 Å². The maximum atomic E-state index is 12.7. The first-order valence-corrected chi connectivity index (χ1v) is 13.5. The Labute approximate surface area is 228 Å². The Balaban J connectivity index is 1.54. The van der Waals surface area contributed by atoms with Crippen molar-refractivity contribution in [3.8, 4) is 11.4 Å². The number of fused-ring (bicyclic) bond motifs is 1. The fraction of sp³-hybridized carbons (Fsp3) is 0.615. The van der Waals surface area contributed by atoms with Crippen LogP contribution >= 0.6 is 0 Å². The van der Waals surface area contributed by atoms with Crippen molar-refractivity contribution < 1.29 is 14.6 Å². The van der Waals surface area contributed by atoms with Crippen molar-refractivity contribution in [3.05, 3.63) is 12.4 Å². The molecule has 0 unspecified atom stereocenters. The molecule has 2 aliphatic heterocycles. The Hall–Kier alpha value is -3.58. The van der Waals surface area contributed by atoms with E-state index in [1.54, 1.807) is 26.2 Å². The lowest BCUT2D eigenvalue weighted by Crippen LogP contribution is -2.50. The number of nitrogens with zero attached hydrogens (tertiary/aromatic N) is 9. The molecule has 13 nitrogen and oxygen atoms in total. The van der Waals surface area contributed by atoms with E-state index in [2.05, 4.69) is 38.2 Å². The summed E-state index contributed by atoms with van der Waals surface area (Å²) in [6, 6.07) is 0. The Morgan fingerprint density at radius 2 is 1.69 bits per heavy atom. The Kier molecular flexibility index (Phi) is 7.54. The van der Waals surface area contributed by atoms with E-state index in [1.165, 1.54) is 0 Å². The number of rotatable bonds is 7. The highest BCUT2D eigenvalue weighted by atomic mass is 16.5. The molecule has 3 aromatic heterocycles. The second kappa shape index (κ2) is 10.9. The van der Waals surface area contributed by atoms with Crippen molar-refractivity contribution in [2.75, 3.05) is 68.0 Å². The van der Waals surface area contributed by atoms with Crippen LogP contribution in [0.4, 0.5) is 17.7 Å². The standard InChI is InChI=1S/C26H38N10O3/c1-17(2)16-36-23-20(30-25(36)35-7-5-33(6-8-35)19(37)13-26(3,4)38)22(34-9-11-39-12-10-34)31-21(32-23)18-14-28-24(27)29-15-18/h14-15,17,38H,5-13,16H2,1-4H3,(H2,27,28,29). The van der Waals surface area contributed by atoms with Crippen LogP contribution < -0.4 is 15.5 Å². The van der Waals surface area contributed by atoms with Gasteiger partial charge in [-0.1, -0.05) is 13.8 Å². The normalized spacial score (nSPS) is 16.9. The summed E-state index contributed by atoms with van der Waals surface area (Å²) in [7, 11) is 0. The number of imidazole rings is 1. The molecule has 0 saturated carbocycles. The van der Waals surface area contributed by atoms with Crippen LogP contribution in [0.25, 0.3) is 22.6 Å². The number of hydrogen-bond acceptors (Lipinski definition) is 11. The van der Waals surface area contributed by atoms with E-state index in [4.69, 9.17) is 25.4 Å². The van der Waals surface area contributed by atoms with E-state index >= 15 is 0 Å². The number of carbonyl (C=O) groups is 1. The van der Waals surface area contributed by atoms with Gasteiger partial charge in [0.15, 0.2) is 22.8 Å². The number of morpholine rings is 1. The van der Waals surface area contributed by atoms with Gasteiger partial charge < -0.3 is 30.3 Å². The zero-order chi connectivity index (χ0) is 27.7. The molecule has 1 amide bonds.